The number of hydrogen-bond acceptors (Lipinski definition) is 6. The molecule has 0 N–H and O–H groups in total. The fourth-order valence-electron chi connectivity index (χ4n) is 1.25. The Morgan fingerprint density at radius 1 is 1.16 bits per heavy atom. The van der Waals surface area contributed by atoms with Crippen LogP contribution in [0.5, 0.6) is 0 Å². The van der Waals surface area contributed by atoms with Gasteiger partial charge < -0.3 is 4.74 Å². The monoisotopic (exact) mass is 268 g/mol. The molecule has 0 saturated carbocycles. The standard InChI is InChI=1S/C11H12N2O6/c1-7(2)6-19-11(14)8-3-9(12(15)16)5-10(4-8)13(17)18/h3-5,7H,6H2,1-2H3. The smallest absolute Gasteiger partial charge is 0.338 e. The highest BCUT2D eigenvalue weighted by Crippen LogP contribution is 2.23. The van der Waals surface area contributed by atoms with Crippen LogP contribution < -0.4 is 0 Å². The molecule has 0 radical (unpaired) electrons. The van der Waals surface area contributed by atoms with Gasteiger partial charge in [0.2, 0.25) is 0 Å². The van der Waals surface area contributed by atoms with Crippen molar-refractivity contribution in [3.05, 3.63) is 44.0 Å². The Morgan fingerprint density at radius 2 is 1.63 bits per heavy atom. The molecule has 0 bridgehead atoms. The molecule has 19 heavy (non-hydrogen) atoms. The van der Waals surface area contributed by atoms with E-state index in [2.05, 4.69) is 0 Å². The van der Waals surface area contributed by atoms with E-state index < -0.39 is 27.2 Å². The Morgan fingerprint density at radius 3 is 2.00 bits per heavy atom. The fourth-order valence-corrected chi connectivity index (χ4v) is 1.25. The lowest BCUT2D eigenvalue weighted by atomic mass is 10.1. The van der Waals surface area contributed by atoms with E-state index in [0.717, 1.165) is 18.2 Å². The molecule has 0 spiro atoms. The third-order valence-corrected chi connectivity index (χ3v) is 2.11. The van der Waals surface area contributed by atoms with Crippen molar-refractivity contribution in [2.75, 3.05) is 6.61 Å². The second-order valence-electron chi connectivity index (χ2n) is 4.24. The molecule has 1 rings (SSSR count). The number of carbonyl (C=O) groups excluding carboxylic acids is 1. The van der Waals surface area contributed by atoms with E-state index in [1.807, 2.05) is 13.8 Å². The number of ether oxygens (including phenoxy) is 1. The normalized spacial score (nSPS) is 10.3. The van der Waals surface area contributed by atoms with Crippen molar-refractivity contribution in [2.45, 2.75) is 13.8 Å². The number of esters is 1. The predicted octanol–water partition coefficient (Wildman–Crippen LogP) is 2.32. The molecule has 0 aliphatic heterocycles. The highest BCUT2D eigenvalue weighted by molar-refractivity contribution is 5.91. The van der Waals surface area contributed by atoms with E-state index in [1.54, 1.807) is 0 Å². The van der Waals surface area contributed by atoms with Crippen molar-refractivity contribution in [1.82, 2.24) is 0 Å². The van der Waals surface area contributed by atoms with Gasteiger partial charge in [-0.3, -0.25) is 20.2 Å². The van der Waals surface area contributed by atoms with E-state index in [-0.39, 0.29) is 18.1 Å². The van der Waals surface area contributed by atoms with Gasteiger partial charge in [0, 0.05) is 12.1 Å². The zero-order chi connectivity index (χ0) is 14.6. The Balaban J connectivity index is 3.09. The van der Waals surface area contributed by atoms with E-state index in [1.165, 1.54) is 0 Å². The number of carbonyl (C=O) groups is 1. The summed E-state index contributed by atoms with van der Waals surface area (Å²) in [6.45, 7) is 3.78. The average molecular weight is 268 g/mol. The fraction of sp³-hybridized carbons (Fsp3) is 0.364. The van der Waals surface area contributed by atoms with Gasteiger partial charge in [0.15, 0.2) is 0 Å². The minimum Gasteiger partial charge on any atom is -0.462 e. The Hall–Kier alpha value is -2.51. The quantitative estimate of drug-likeness (QED) is 0.460. The van der Waals surface area contributed by atoms with E-state index in [4.69, 9.17) is 4.74 Å². The molecule has 1 aromatic carbocycles. The first-order chi connectivity index (χ1) is 8.81. The van der Waals surface area contributed by atoms with Gasteiger partial charge in [-0.15, -0.1) is 0 Å². The zero-order valence-corrected chi connectivity index (χ0v) is 10.4. The summed E-state index contributed by atoms with van der Waals surface area (Å²) in [5.74, 6) is -0.724. The molecule has 0 amide bonds. The number of rotatable bonds is 5. The topological polar surface area (TPSA) is 113 Å². The highest BCUT2D eigenvalue weighted by Gasteiger charge is 2.20. The van der Waals surface area contributed by atoms with Crippen LogP contribution in [-0.2, 0) is 4.74 Å². The number of nitro benzene ring substituents is 2. The lowest BCUT2D eigenvalue weighted by molar-refractivity contribution is -0.394. The van der Waals surface area contributed by atoms with Crippen molar-refractivity contribution in [1.29, 1.82) is 0 Å². The number of nitro groups is 2. The molecule has 102 valence electrons. The summed E-state index contributed by atoms with van der Waals surface area (Å²) in [6, 6.07) is 2.70. The van der Waals surface area contributed by atoms with Crippen LogP contribution in [0.4, 0.5) is 11.4 Å². The molecule has 0 saturated heterocycles. The maximum Gasteiger partial charge on any atom is 0.338 e. The molecule has 1 aromatic rings. The summed E-state index contributed by atoms with van der Waals surface area (Å²) in [5, 5.41) is 21.3. The lowest BCUT2D eigenvalue weighted by Crippen LogP contribution is -2.10. The van der Waals surface area contributed by atoms with Gasteiger partial charge in [-0.2, -0.15) is 0 Å². The van der Waals surface area contributed by atoms with Gasteiger partial charge in [-0.05, 0) is 5.92 Å². The van der Waals surface area contributed by atoms with Crippen LogP contribution in [0.3, 0.4) is 0 Å². The van der Waals surface area contributed by atoms with Gasteiger partial charge in [0.1, 0.15) is 0 Å². The first-order valence-electron chi connectivity index (χ1n) is 5.42. The van der Waals surface area contributed by atoms with E-state index in [0.29, 0.717) is 0 Å². The molecule has 0 aromatic heterocycles. The second-order valence-corrected chi connectivity index (χ2v) is 4.24. The summed E-state index contributed by atoms with van der Waals surface area (Å²) >= 11 is 0. The summed E-state index contributed by atoms with van der Waals surface area (Å²) in [4.78, 5) is 31.3. The Kier molecular flexibility index (Phi) is 4.51. The molecule has 0 fully saturated rings. The summed E-state index contributed by atoms with van der Waals surface area (Å²) in [7, 11) is 0. The van der Waals surface area contributed by atoms with Gasteiger partial charge in [-0.1, -0.05) is 13.8 Å². The van der Waals surface area contributed by atoms with E-state index >= 15 is 0 Å². The van der Waals surface area contributed by atoms with Crippen LogP contribution in [-0.4, -0.2) is 22.4 Å². The molecular weight excluding hydrogens is 256 g/mol. The molecule has 0 unspecified atom stereocenters. The van der Waals surface area contributed by atoms with Crippen LogP contribution in [0.15, 0.2) is 18.2 Å². The first kappa shape index (κ1) is 14.6. The number of nitrogens with zero attached hydrogens (tertiary/aromatic N) is 2. The minimum atomic E-state index is -0.819. The number of benzene rings is 1. The van der Waals surface area contributed by atoms with E-state index in [9.17, 15) is 25.0 Å². The summed E-state index contributed by atoms with van der Waals surface area (Å²) in [6.07, 6.45) is 0. The maximum atomic E-state index is 11.6. The van der Waals surface area contributed by atoms with Crippen molar-refractivity contribution < 1.29 is 19.4 Å². The largest absolute Gasteiger partial charge is 0.462 e. The SMILES string of the molecule is CC(C)COC(=O)c1cc([N+](=O)[O-])cc([N+](=O)[O-])c1. The lowest BCUT2D eigenvalue weighted by Gasteiger charge is -2.06. The van der Waals surface area contributed by atoms with Crippen LogP contribution in [0.2, 0.25) is 0 Å². The molecule has 0 aliphatic rings. The van der Waals surface area contributed by atoms with Crippen molar-refractivity contribution in [2.24, 2.45) is 5.92 Å². The molecule has 0 atom stereocenters. The van der Waals surface area contributed by atoms with Gasteiger partial charge in [-0.25, -0.2) is 4.79 Å². The minimum absolute atomic E-state index is 0.0950. The zero-order valence-electron chi connectivity index (χ0n) is 10.4. The maximum absolute atomic E-state index is 11.6. The summed E-state index contributed by atoms with van der Waals surface area (Å²) in [5.41, 5.74) is -1.25. The number of hydrogen-bond donors (Lipinski definition) is 0. The van der Waals surface area contributed by atoms with Crippen molar-refractivity contribution in [3.63, 3.8) is 0 Å². The molecule has 0 heterocycles. The molecule has 0 aliphatic carbocycles. The van der Waals surface area contributed by atoms with Crippen LogP contribution in [0.1, 0.15) is 24.2 Å². The van der Waals surface area contributed by atoms with Crippen molar-refractivity contribution >= 4 is 17.3 Å². The van der Waals surface area contributed by atoms with Gasteiger partial charge in [0.05, 0.1) is 28.1 Å². The predicted molar refractivity (Wildman–Crippen MR) is 64.9 cm³/mol. The van der Waals surface area contributed by atoms with Crippen LogP contribution in [0.25, 0.3) is 0 Å². The average Bonchev–Trinajstić information content (AvgIpc) is 2.35. The Bertz CT molecular complexity index is 494. The third-order valence-electron chi connectivity index (χ3n) is 2.11. The third kappa shape index (κ3) is 4.02. The first-order valence-corrected chi connectivity index (χ1v) is 5.42. The number of non-ortho nitro benzene ring substituents is 2. The highest BCUT2D eigenvalue weighted by atomic mass is 16.6. The van der Waals surface area contributed by atoms with Crippen LogP contribution in [0, 0.1) is 26.1 Å². The summed E-state index contributed by atoms with van der Waals surface area (Å²) < 4.78 is 4.87. The van der Waals surface area contributed by atoms with Crippen molar-refractivity contribution in [3.8, 4) is 0 Å². The molecular formula is C11H12N2O6. The second kappa shape index (κ2) is 5.89. The molecule has 8 nitrogen and oxygen atoms in total. The Labute approximate surface area is 108 Å². The van der Waals surface area contributed by atoms with Gasteiger partial charge >= 0.3 is 5.97 Å². The van der Waals surface area contributed by atoms with Gasteiger partial charge in [0.25, 0.3) is 11.4 Å². The molecule has 8 heteroatoms. The van der Waals surface area contributed by atoms with Crippen LogP contribution >= 0.6 is 0 Å².